The molecular formula is C15H15N3O5S2. The van der Waals surface area contributed by atoms with Gasteiger partial charge in [0.1, 0.15) is 0 Å². The maximum Gasteiger partial charge on any atom is 0.335 e. The fourth-order valence-electron chi connectivity index (χ4n) is 2.20. The smallest absolute Gasteiger partial charge is 0.335 e. The Kier molecular flexibility index (Phi) is 4.58. The number of benzene rings is 2. The lowest BCUT2D eigenvalue weighted by Crippen LogP contribution is -2.26. The van der Waals surface area contributed by atoms with Gasteiger partial charge in [0.05, 0.1) is 4.90 Å². The van der Waals surface area contributed by atoms with Gasteiger partial charge in [-0.05, 0) is 22.9 Å². The van der Waals surface area contributed by atoms with Gasteiger partial charge in [-0.2, -0.15) is 0 Å². The quantitative estimate of drug-likeness (QED) is 0.680. The van der Waals surface area contributed by atoms with Crippen molar-refractivity contribution in [3.8, 4) is 0 Å². The van der Waals surface area contributed by atoms with Crippen LogP contribution in [0, 0.1) is 0 Å². The summed E-state index contributed by atoms with van der Waals surface area (Å²) in [5.41, 5.74) is 0. The number of aromatic nitrogens is 2. The molecule has 2 aromatic carbocycles. The fourth-order valence-corrected chi connectivity index (χ4v) is 3.70. The maximum absolute atomic E-state index is 12.4. The third-order valence-electron chi connectivity index (χ3n) is 3.43. The average molecular weight is 381 g/mol. The van der Waals surface area contributed by atoms with E-state index in [-0.39, 0.29) is 23.8 Å². The highest BCUT2D eigenvalue weighted by Crippen LogP contribution is 2.18. The Balaban J connectivity index is 1.70. The second-order valence-corrected chi connectivity index (χ2v) is 9.05. The molecule has 0 aliphatic rings. The van der Waals surface area contributed by atoms with Gasteiger partial charge in [-0.15, -0.1) is 5.10 Å². The van der Waals surface area contributed by atoms with E-state index in [0.29, 0.717) is 0 Å². The lowest BCUT2D eigenvalue weighted by molar-refractivity contribution is 0.397. The number of nitrogens with zero attached hydrogens (tertiary/aromatic N) is 2. The van der Waals surface area contributed by atoms with Crippen LogP contribution in [0.1, 0.15) is 5.89 Å². The molecule has 0 aliphatic heterocycles. The van der Waals surface area contributed by atoms with Gasteiger partial charge in [0, 0.05) is 19.2 Å². The summed E-state index contributed by atoms with van der Waals surface area (Å²) in [7, 11) is -7.28. The van der Waals surface area contributed by atoms with Crippen LogP contribution in [0.5, 0.6) is 0 Å². The highest BCUT2D eigenvalue weighted by atomic mass is 32.2. The molecule has 0 bridgehead atoms. The van der Waals surface area contributed by atoms with Gasteiger partial charge in [-0.1, -0.05) is 35.4 Å². The van der Waals surface area contributed by atoms with Crippen molar-refractivity contribution in [1.29, 1.82) is 0 Å². The highest BCUT2D eigenvalue weighted by molar-refractivity contribution is 7.90. The van der Waals surface area contributed by atoms with Crippen LogP contribution >= 0.6 is 0 Å². The number of fused-ring (bicyclic) bond motifs is 1. The van der Waals surface area contributed by atoms with Crippen LogP contribution in [-0.2, 0) is 26.3 Å². The summed E-state index contributed by atoms with van der Waals surface area (Å²) < 4.78 is 54.7. The minimum Gasteiger partial charge on any atom is -0.412 e. The average Bonchev–Trinajstić information content (AvgIpc) is 3.03. The minimum absolute atomic E-state index is 0.000551. The molecule has 0 atom stereocenters. The van der Waals surface area contributed by atoms with Crippen molar-refractivity contribution in [3.05, 3.63) is 48.4 Å². The van der Waals surface area contributed by atoms with Crippen LogP contribution in [0.25, 0.3) is 10.8 Å². The van der Waals surface area contributed by atoms with Crippen LogP contribution in [0.3, 0.4) is 0 Å². The molecule has 10 heteroatoms. The van der Waals surface area contributed by atoms with Crippen molar-refractivity contribution >= 4 is 30.6 Å². The summed E-state index contributed by atoms with van der Waals surface area (Å²) in [6.45, 7) is 0.000551. The zero-order chi connectivity index (χ0) is 18.1. The Labute approximate surface area is 144 Å². The number of sulfone groups is 1. The van der Waals surface area contributed by atoms with Gasteiger partial charge >= 0.3 is 5.22 Å². The molecular weight excluding hydrogens is 366 g/mol. The molecule has 0 unspecified atom stereocenters. The van der Waals surface area contributed by atoms with Gasteiger partial charge in [0.25, 0.3) is 0 Å². The van der Waals surface area contributed by atoms with E-state index in [9.17, 15) is 16.8 Å². The third-order valence-corrected chi connectivity index (χ3v) is 5.69. The second kappa shape index (κ2) is 6.54. The van der Waals surface area contributed by atoms with E-state index in [0.717, 1.165) is 17.0 Å². The predicted octanol–water partition coefficient (Wildman–Crippen LogP) is 1.15. The monoisotopic (exact) mass is 381 g/mol. The Hall–Kier alpha value is -2.30. The van der Waals surface area contributed by atoms with Crippen LogP contribution in [-0.4, -0.2) is 39.8 Å². The molecule has 132 valence electrons. The minimum atomic E-state index is -3.70. The number of rotatable bonds is 6. The molecule has 3 aromatic rings. The SMILES string of the molecule is CS(=O)(=O)c1nnc(CCNS(=O)(=O)c2ccc3ccccc3c2)o1. The van der Waals surface area contributed by atoms with E-state index in [2.05, 4.69) is 14.9 Å². The van der Waals surface area contributed by atoms with Crippen LogP contribution in [0.15, 0.2) is 57.0 Å². The molecule has 8 nitrogen and oxygen atoms in total. The van der Waals surface area contributed by atoms with Crippen LogP contribution < -0.4 is 4.72 Å². The molecule has 1 N–H and O–H groups in total. The molecule has 0 aliphatic carbocycles. The van der Waals surface area contributed by atoms with Crippen molar-refractivity contribution in [1.82, 2.24) is 14.9 Å². The van der Waals surface area contributed by atoms with E-state index in [1.165, 1.54) is 6.07 Å². The van der Waals surface area contributed by atoms with Gasteiger partial charge in [0.2, 0.25) is 25.8 Å². The third kappa shape index (κ3) is 4.03. The summed E-state index contributed by atoms with van der Waals surface area (Å²) in [5.74, 6) is 0.0432. The van der Waals surface area contributed by atoms with E-state index in [4.69, 9.17) is 4.42 Å². The highest BCUT2D eigenvalue weighted by Gasteiger charge is 2.18. The zero-order valence-corrected chi connectivity index (χ0v) is 14.8. The van der Waals surface area contributed by atoms with Gasteiger partial charge in [-0.3, -0.25) is 0 Å². The molecule has 1 aromatic heterocycles. The molecule has 0 spiro atoms. The molecule has 0 radical (unpaired) electrons. The van der Waals surface area contributed by atoms with Crippen molar-refractivity contribution < 1.29 is 21.3 Å². The first-order valence-electron chi connectivity index (χ1n) is 7.27. The van der Waals surface area contributed by atoms with Crippen molar-refractivity contribution in [2.45, 2.75) is 16.5 Å². The summed E-state index contributed by atoms with van der Waals surface area (Å²) in [6, 6.07) is 12.3. The molecule has 25 heavy (non-hydrogen) atoms. The zero-order valence-electron chi connectivity index (χ0n) is 13.2. The number of nitrogens with one attached hydrogen (secondary N) is 1. The maximum atomic E-state index is 12.4. The van der Waals surface area contributed by atoms with Crippen molar-refractivity contribution in [3.63, 3.8) is 0 Å². The Morgan fingerprint density at radius 2 is 1.72 bits per heavy atom. The van der Waals surface area contributed by atoms with Crippen molar-refractivity contribution in [2.24, 2.45) is 0 Å². The van der Waals surface area contributed by atoms with Crippen LogP contribution in [0.2, 0.25) is 0 Å². The molecule has 0 amide bonds. The first kappa shape index (κ1) is 17.5. The van der Waals surface area contributed by atoms with Crippen LogP contribution in [0.4, 0.5) is 0 Å². The number of hydrogen-bond donors (Lipinski definition) is 1. The normalized spacial score (nSPS) is 12.5. The summed E-state index contributed by atoms with van der Waals surface area (Å²) in [5, 5.41) is 8.28. The lowest BCUT2D eigenvalue weighted by Gasteiger charge is -2.07. The van der Waals surface area contributed by atoms with E-state index >= 15 is 0 Å². The van der Waals surface area contributed by atoms with E-state index < -0.39 is 25.1 Å². The Bertz CT molecular complexity index is 1120. The van der Waals surface area contributed by atoms with Gasteiger partial charge in [0.15, 0.2) is 0 Å². The number of sulfonamides is 1. The topological polar surface area (TPSA) is 119 Å². The summed E-state index contributed by atoms with van der Waals surface area (Å²) in [6.07, 6.45) is 1.03. The first-order valence-corrected chi connectivity index (χ1v) is 10.6. The lowest BCUT2D eigenvalue weighted by atomic mass is 10.1. The molecule has 0 fully saturated rings. The first-order chi connectivity index (χ1) is 11.8. The second-order valence-electron chi connectivity index (χ2n) is 5.39. The standard InChI is InChI=1S/C15H15N3O5S2/c1-24(19,20)15-18-17-14(23-15)8-9-16-25(21,22)13-7-6-11-4-2-3-5-12(11)10-13/h2-7,10,16H,8-9H2,1H3. The number of hydrogen-bond acceptors (Lipinski definition) is 7. The van der Waals surface area contributed by atoms with Gasteiger partial charge in [-0.25, -0.2) is 21.6 Å². The summed E-state index contributed by atoms with van der Waals surface area (Å²) >= 11 is 0. The Morgan fingerprint density at radius 1 is 1.00 bits per heavy atom. The van der Waals surface area contributed by atoms with Gasteiger partial charge < -0.3 is 4.42 Å². The Morgan fingerprint density at radius 3 is 2.40 bits per heavy atom. The molecule has 1 heterocycles. The van der Waals surface area contributed by atoms with E-state index in [1.54, 1.807) is 12.1 Å². The van der Waals surface area contributed by atoms with Crippen molar-refractivity contribution in [2.75, 3.05) is 12.8 Å². The predicted molar refractivity (Wildman–Crippen MR) is 90.2 cm³/mol. The summed E-state index contributed by atoms with van der Waals surface area (Å²) in [4.78, 5) is 0.147. The molecule has 0 saturated carbocycles. The molecule has 0 saturated heterocycles. The van der Waals surface area contributed by atoms with E-state index in [1.807, 2.05) is 24.3 Å². The molecule has 3 rings (SSSR count). The fraction of sp³-hybridized carbons (Fsp3) is 0.200. The largest absolute Gasteiger partial charge is 0.412 e.